The van der Waals surface area contributed by atoms with E-state index in [1.54, 1.807) is 61.7 Å². The summed E-state index contributed by atoms with van der Waals surface area (Å²) in [4.78, 5) is -2.71. The predicted molar refractivity (Wildman–Crippen MR) is 144 cm³/mol. The molecule has 0 bridgehead atoms. The molecule has 4 rings (SSSR count). The fourth-order valence-electron chi connectivity index (χ4n) is 4.02. The molecule has 2 unspecified atom stereocenters. The van der Waals surface area contributed by atoms with Gasteiger partial charge in [-0.1, -0.05) is 48.5 Å². The SMILES string of the molecule is COc1ccc(CN=NC2=C(O)C(O)C(N=NCc3ccc(OC)cc3)(S(=O)(=O)O)c3ccccc32)cc1.[Na]. The maximum atomic E-state index is 12.7. The maximum Gasteiger partial charge on any atom is 0.300 e. The summed E-state index contributed by atoms with van der Waals surface area (Å²) in [6.07, 6.45) is -2.21. The fourth-order valence-corrected chi connectivity index (χ4v) is 5.03. The van der Waals surface area contributed by atoms with Crippen molar-refractivity contribution >= 4 is 45.4 Å². The van der Waals surface area contributed by atoms with Crippen LogP contribution in [0.4, 0.5) is 0 Å². The minimum atomic E-state index is -5.15. The largest absolute Gasteiger partial charge is 0.507 e. The topological polar surface area (TPSA) is 163 Å². The molecule has 0 heterocycles. The minimum Gasteiger partial charge on any atom is -0.507 e. The molecule has 0 fully saturated rings. The molecule has 1 aliphatic rings. The Bertz CT molecular complexity index is 1490. The van der Waals surface area contributed by atoms with Crippen molar-refractivity contribution in [1.82, 2.24) is 0 Å². The zero-order valence-electron chi connectivity index (χ0n) is 21.6. The Hall–Kier alpha value is -3.13. The Kier molecular flexibility index (Phi) is 9.99. The van der Waals surface area contributed by atoms with Crippen LogP contribution in [-0.2, 0) is 28.1 Å². The number of aliphatic hydroxyl groups is 2. The molecule has 3 aromatic carbocycles. The molecule has 39 heavy (non-hydrogen) atoms. The summed E-state index contributed by atoms with van der Waals surface area (Å²) in [6, 6.07) is 19.9. The molecule has 2 atom stereocenters. The maximum absolute atomic E-state index is 12.7. The molecule has 0 saturated carbocycles. The van der Waals surface area contributed by atoms with Crippen LogP contribution in [0, 0.1) is 0 Å². The van der Waals surface area contributed by atoms with Crippen LogP contribution in [0.5, 0.6) is 11.5 Å². The van der Waals surface area contributed by atoms with Gasteiger partial charge in [-0.25, -0.2) is 0 Å². The Morgan fingerprint density at radius 3 is 1.87 bits per heavy atom. The second-order valence-corrected chi connectivity index (χ2v) is 9.92. The van der Waals surface area contributed by atoms with Crippen molar-refractivity contribution in [3.8, 4) is 11.5 Å². The van der Waals surface area contributed by atoms with Crippen LogP contribution in [-0.4, -0.2) is 73.1 Å². The first kappa shape index (κ1) is 30.4. The van der Waals surface area contributed by atoms with Crippen LogP contribution in [0.25, 0.3) is 5.70 Å². The van der Waals surface area contributed by atoms with Crippen molar-refractivity contribution in [2.45, 2.75) is 24.1 Å². The zero-order chi connectivity index (χ0) is 27.3. The Labute approximate surface area is 248 Å². The number of ether oxygens (including phenoxy) is 2. The molecule has 11 nitrogen and oxygen atoms in total. The van der Waals surface area contributed by atoms with Gasteiger partial charge in [0, 0.05) is 40.7 Å². The number of aliphatic hydroxyl groups excluding tert-OH is 2. The molecule has 3 aromatic rings. The van der Waals surface area contributed by atoms with Gasteiger partial charge in [0.15, 0.2) is 11.9 Å². The number of nitrogens with zero attached hydrogens (tertiary/aromatic N) is 4. The van der Waals surface area contributed by atoms with Crippen molar-refractivity contribution in [3.05, 3.63) is 101 Å². The van der Waals surface area contributed by atoms with E-state index in [4.69, 9.17) is 9.47 Å². The van der Waals surface area contributed by atoms with E-state index < -0.39 is 26.9 Å². The number of methoxy groups -OCH3 is 2. The third-order valence-corrected chi connectivity index (χ3v) is 7.36. The molecule has 0 aromatic heterocycles. The third kappa shape index (κ3) is 6.21. The average molecular weight is 562 g/mol. The van der Waals surface area contributed by atoms with E-state index in [2.05, 4.69) is 20.5 Å². The summed E-state index contributed by atoms with van der Waals surface area (Å²) in [5.74, 6) is 0.488. The molecular weight excluding hydrogens is 535 g/mol. The molecule has 13 heteroatoms. The van der Waals surface area contributed by atoms with Gasteiger partial charge in [0.1, 0.15) is 17.2 Å². The molecule has 3 N–H and O–H groups in total. The number of fused-ring (bicyclic) bond motifs is 1. The standard InChI is InChI=1S/C26H26N4O7S.Na/c1-36-19-11-7-17(8-12-19)15-27-29-23-21-5-3-4-6-22(21)26(38(33,34)35,25(32)24(23)31)30-28-16-18-9-13-20(37-2)14-10-18;/h3-14,25,31-32H,15-16H2,1-2H3,(H,33,34,35);. The zero-order valence-corrected chi connectivity index (χ0v) is 24.4. The third-order valence-electron chi connectivity index (χ3n) is 6.05. The summed E-state index contributed by atoms with van der Waals surface area (Å²) >= 11 is 0. The first-order valence-corrected chi connectivity index (χ1v) is 12.9. The van der Waals surface area contributed by atoms with Crippen LogP contribution in [0.2, 0.25) is 0 Å². The van der Waals surface area contributed by atoms with Gasteiger partial charge < -0.3 is 19.7 Å². The predicted octanol–water partition coefficient (Wildman–Crippen LogP) is 4.27. The number of hydrogen-bond donors (Lipinski definition) is 3. The van der Waals surface area contributed by atoms with E-state index in [1.807, 2.05) is 0 Å². The van der Waals surface area contributed by atoms with Gasteiger partial charge in [-0.05, 0) is 35.4 Å². The van der Waals surface area contributed by atoms with Gasteiger partial charge in [-0.15, -0.1) is 0 Å². The van der Waals surface area contributed by atoms with E-state index in [-0.39, 0.29) is 59.5 Å². The molecule has 0 spiro atoms. The summed E-state index contributed by atoms with van der Waals surface area (Å²) in [6.45, 7) is 0.0824. The van der Waals surface area contributed by atoms with Gasteiger partial charge in [-0.2, -0.15) is 28.9 Å². The van der Waals surface area contributed by atoms with Gasteiger partial charge in [0.05, 0.1) is 27.3 Å². The van der Waals surface area contributed by atoms with Crippen LogP contribution in [0.15, 0.2) is 99.0 Å². The second-order valence-electron chi connectivity index (χ2n) is 8.35. The van der Waals surface area contributed by atoms with Gasteiger partial charge in [0.2, 0.25) is 0 Å². The normalized spacial score (nSPS) is 19.1. The summed E-state index contributed by atoms with van der Waals surface area (Å²) in [5, 5.41) is 38.0. The summed E-state index contributed by atoms with van der Waals surface area (Å²) < 4.78 is 46.0. The van der Waals surface area contributed by atoms with Gasteiger partial charge in [-0.3, -0.25) is 4.55 Å². The fraction of sp³-hybridized carbons (Fsp3) is 0.231. The molecule has 0 aliphatic heterocycles. The van der Waals surface area contributed by atoms with Gasteiger partial charge >= 0.3 is 10.1 Å². The van der Waals surface area contributed by atoms with Crippen molar-refractivity contribution in [3.63, 3.8) is 0 Å². The van der Waals surface area contributed by atoms with Crippen molar-refractivity contribution in [2.24, 2.45) is 20.5 Å². The smallest absolute Gasteiger partial charge is 0.300 e. The molecule has 199 valence electrons. The molecular formula is C26H26N4NaO7S. The number of rotatable bonds is 9. The van der Waals surface area contributed by atoms with Gasteiger partial charge in [0.25, 0.3) is 4.87 Å². The van der Waals surface area contributed by atoms with E-state index >= 15 is 0 Å². The summed E-state index contributed by atoms with van der Waals surface area (Å²) in [7, 11) is -2.07. The van der Waals surface area contributed by atoms with E-state index in [9.17, 15) is 23.2 Å². The van der Waals surface area contributed by atoms with E-state index in [1.165, 1.54) is 25.3 Å². The minimum absolute atomic E-state index is 0. The molecule has 1 radical (unpaired) electrons. The van der Waals surface area contributed by atoms with E-state index in [0.717, 1.165) is 5.56 Å². The van der Waals surface area contributed by atoms with Crippen LogP contribution < -0.4 is 9.47 Å². The average Bonchev–Trinajstić information content (AvgIpc) is 2.92. The molecule has 0 amide bonds. The Balaban J connectivity index is 0.00000420. The Morgan fingerprint density at radius 2 is 1.36 bits per heavy atom. The summed E-state index contributed by atoms with van der Waals surface area (Å²) in [5.41, 5.74) is 1.34. The van der Waals surface area contributed by atoms with Crippen molar-refractivity contribution < 1.29 is 32.7 Å². The quantitative estimate of drug-likeness (QED) is 0.200. The van der Waals surface area contributed by atoms with Crippen molar-refractivity contribution in [1.29, 1.82) is 0 Å². The monoisotopic (exact) mass is 561 g/mol. The Morgan fingerprint density at radius 1 is 0.846 bits per heavy atom. The van der Waals surface area contributed by atoms with Crippen LogP contribution in [0.3, 0.4) is 0 Å². The molecule has 0 saturated heterocycles. The van der Waals surface area contributed by atoms with Crippen LogP contribution >= 0.6 is 0 Å². The van der Waals surface area contributed by atoms with E-state index in [0.29, 0.717) is 17.1 Å². The second kappa shape index (κ2) is 12.8. The first-order valence-electron chi connectivity index (χ1n) is 11.4. The first-order chi connectivity index (χ1) is 18.2. The molecule has 1 aliphatic carbocycles. The number of hydrogen-bond acceptors (Lipinski definition) is 10. The number of benzene rings is 3. The van der Waals surface area contributed by atoms with Crippen LogP contribution in [0.1, 0.15) is 22.3 Å². The van der Waals surface area contributed by atoms with Crippen molar-refractivity contribution in [2.75, 3.05) is 14.2 Å². The number of azo groups is 2.